The Bertz CT molecular complexity index is 885. The summed E-state index contributed by atoms with van der Waals surface area (Å²) in [6.07, 6.45) is 0. The lowest BCUT2D eigenvalue weighted by atomic mass is 10.1. The van der Waals surface area contributed by atoms with Crippen LogP contribution in [0.25, 0.3) is 11.5 Å². The summed E-state index contributed by atoms with van der Waals surface area (Å²) in [7, 11) is 0. The molecule has 1 amide bonds. The van der Waals surface area contributed by atoms with Crippen molar-refractivity contribution in [1.82, 2.24) is 10.2 Å². The second-order valence-corrected chi connectivity index (χ2v) is 7.04. The van der Waals surface area contributed by atoms with Crippen LogP contribution in [0.15, 0.2) is 51.8 Å². The molecule has 3 aromatic rings. The van der Waals surface area contributed by atoms with Crippen molar-refractivity contribution in [2.24, 2.45) is 0 Å². The molecule has 0 aliphatic heterocycles. The van der Waals surface area contributed by atoms with E-state index in [4.69, 9.17) is 4.42 Å². The average molecular weight is 353 g/mol. The Morgan fingerprint density at radius 2 is 1.88 bits per heavy atom. The van der Waals surface area contributed by atoms with Gasteiger partial charge >= 0.3 is 6.01 Å². The smallest absolute Gasteiger partial charge is 0.322 e. The Kier molecular flexibility index (Phi) is 5.19. The van der Waals surface area contributed by atoms with Gasteiger partial charge in [-0.2, -0.15) is 0 Å². The second kappa shape index (κ2) is 7.53. The third kappa shape index (κ3) is 4.28. The van der Waals surface area contributed by atoms with Crippen molar-refractivity contribution >= 4 is 23.7 Å². The number of hydrogen-bond donors (Lipinski definition) is 1. The van der Waals surface area contributed by atoms with Gasteiger partial charge in [0.2, 0.25) is 5.89 Å². The Morgan fingerprint density at radius 3 is 2.60 bits per heavy atom. The standard InChI is InChI=1S/C19H19N3O2S/c1-4-25-16-7-5-6-14(11-16)17(23)20-19-22-21-18(24-19)15-9-12(2)8-13(3)10-15/h5-11H,4H2,1-3H3,(H,20,22,23). The van der Waals surface area contributed by atoms with Crippen LogP contribution in [-0.4, -0.2) is 21.9 Å². The number of carbonyl (C=O) groups is 1. The molecule has 0 unspecified atom stereocenters. The van der Waals surface area contributed by atoms with E-state index in [-0.39, 0.29) is 11.9 Å². The first-order valence-corrected chi connectivity index (χ1v) is 9.00. The quantitative estimate of drug-likeness (QED) is 0.672. The molecule has 0 fully saturated rings. The second-order valence-electron chi connectivity index (χ2n) is 5.70. The van der Waals surface area contributed by atoms with Crippen LogP contribution in [0.5, 0.6) is 0 Å². The topological polar surface area (TPSA) is 68.0 Å². The van der Waals surface area contributed by atoms with Crippen LogP contribution in [0.4, 0.5) is 6.01 Å². The van der Waals surface area contributed by atoms with E-state index in [1.807, 2.05) is 44.2 Å². The maximum Gasteiger partial charge on any atom is 0.322 e. The predicted molar refractivity (Wildman–Crippen MR) is 100 cm³/mol. The van der Waals surface area contributed by atoms with E-state index in [0.29, 0.717) is 11.5 Å². The summed E-state index contributed by atoms with van der Waals surface area (Å²) >= 11 is 1.69. The summed E-state index contributed by atoms with van der Waals surface area (Å²) in [6, 6.07) is 13.6. The molecule has 0 saturated heterocycles. The third-order valence-corrected chi connectivity index (χ3v) is 4.40. The van der Waals surface area contributed by atoms with Gasteiger partial charge in [0.1, 0.15) is 0 Å². The number of aromatic nitrogens is 2. The molecule has 25 heavy (non-hydrogen) atoms. The van der Waals surface area contributed by atoms with Gasteiger partial charge in [-0.1, -0.05) is 35.3 Å². The normalized spacial score (nSPS) is 10.7. The monoisotopic (exact) mass is 353 g/mol. The number of anilines is 1. The van der Waals surface area contributed by atoms with E-state index in [9.17, 15) is 4.79 Å². The van der Waals surface area contributed by atoms with E-state index >= 15 is 0 Å². The number of thioether (sulfide) groups is 1. The number of hydrogen-bond acceptors (Lipinski definition) is 5. The van der Waals surface area contributed by atoms with E-state index in [1.54, 1.807) is 17.8 Å². The molecule has 3 rings (SSSR count). The lowest BCUT2D eigenvalue weighted by Gasteiger charge is -2.03. The highest BCUT2D eigenvalue weighted by molar-refractivity contribution is 7.99. The summed E-state index contributed by atoms with van der Waals surface area (Å²) in [5, 5.41) is 10.6. The maximum absolute atomic E-state index is 12.4. The molecule has 1 N–H and O–H groups in total. The van der Waals surface area contributed by atoms with Crippen LogP contribution in [0.1, 0.15) is 28.4 Å². The summed E-state index contributed by atoms with van der Waals surface area (Å²) < 4.78 is 5.59. The minimum Gasteiger partial charge on any atom is -0.403 e. The molecule has 0 saturated carbocycles. The third-order valence-electron chi connectivity index (χ3n) is 3.52. The van der Waals surface area contributed by atoms with E-state index < -0.39 is 0 Å². The number of amides is 1. The number of aryl methyl sites for hydroxylation is 2. The number of benzene rings is 2. The average Bonchev–Trinajstić information content (AvgIpc) is 3.03. The molecule has 1 aromatic heterocycles. The summed E-state index contributed by atoms with van der Waals surface area (Å²) in [5.74, 6) is 1.07. The molecule has 5 nitrogen and oxygen atoms in total. The first kappa shape index (κ1) is 17.2. The number of carbonyl (C=O) groups excluding carboxylic acids is 1. The van der Waals surface area contributed by atoms with E-state index in [1.165, 1.54) is 0 Å². The van der Waals surface area contributed by atoms with Gasteiger partial charge in [-0.05, 0) is 49.9 Å². The first-order valence-electron chi connectivity index (χ1n) is 8.01. The zero-order valence-corrected chi connectivity index (χ0v) is 15.2. The molecule has 0 aliphatic carbocycles. The van der Waals surface area contributed by atoms with Crippen molar-refractivity contribution in [3.63, 3.8) is 0 Å². The van der Waals surface area contributed by atoms with Crippen LogP contribution < -0.4 is 5.32 Å². The number of nitrogens with one attached hydrogen (secondary N) is 1. The SMILES string of the molecule is CCSc1cccc(C(=O)Nc2nnc(-c3cc(C)cc(C)c3)o2)c1. The Balaban J connectivity index is 1.77. The molecule has 128 valence electrons. The van der Waals surface area contributed by atoms with Gasteiger partial charge in [-0.3, -0.25) is 10.1 Å². The zero-order valence-electron chi connectivity index (χ0n) is 14.4. The predicted octanol–water partition coefficient (Wildman–Crippen LogP) is 4.72. The van der Waals surface area contributed by atoms with Gasteiger partial charge in [0, 0.05) is 16.0 Å². The zero-order chi connectivity index (χ0) is 17.8. The highest BCUT2D eigenvalue weighted by Gasteiger charge is 2.13. The molecular weight excluding hydrogens is 334 g/mol. The van der Waals surface area contributed by atoms with Gasteiger partial charge in [0.05, 0.1) is 0 Å². The van der Waals surface area contributed by atoms with Gasteiger partial charge < -0.3 is 4.42 Å². The van der Waals surface area contributed by atoms with Crippen molar-refractivity contribution < 1.29 is 9.21 Å². The fraction of sp³-hybridized carbons (Fsp3) is 0.211. The van der Waals surface area contributed by atoms with Gasteiger partial charge in [0.25, 0.3) is 5.91 Å². The Hall–Kier alpha value is -2.60. The number of rotatable bonds is 5. The molecule has 1 heterocycles. The molecule has 0 spiro atoms. The van der Waals surface area contributed by atoms with Gasteiger partial charge in [-0.25, -0.2) is 0 Å². The largest absolute Gasteiger partial charge is 0.403 e. The highest BCUT2D eigenvalue weighted by Crippen LogP contribution is 2.23. The lowest BCUT2D eigenvalue weighted by Crippen LogP contribution is -2.12. The van der Waals surface area contributed by atoms with E-state index in [2.05, 4.69) is 28.5 Å². The van der Waals surface area contributed by atoms with Gasteiger partial charge in [-0.15, -0.1) is 16.9 Å². The van der Waals surface area contributed by atoms with Crippen molar-refractivity contribution in [3.05, 3.63) is 59.2 Å². The van der Waals surface area contributed by atoms with Crippen molar-refractivity contribution in [2.75, 3.05) is 11.1 Å². The van der Waals surface area contributed by atoms with Gasteiger partial charge in [0.15, 0.2) is 0 Å². The first-order chi connectivity index (χ1) is 12.0. The fourth-order valence-electron chi connectivity index (χ4n) is 2.55. The fourth-order valence-corrected chi connectivity index (χ4v) is 3.27. The summed E-state index contributed by atoms with van der Waals surface area (Å²) in [6.45, 7) is 6.10. The Morgan fingerprint density at radius 1 is 1.12 bits per heavy atom. The van der Waals surface area contributed by atoms with E-state index in [0.717, 1.165) is 27.3 Å². The maximum atomic E-state index is 12.4. The summed E-state index contributed by atoms with van der Waals surface area (Å²) in [4.78, 5) is 13.4. The molecule has 2 aromatic carbocycles. The molecule has 0 radical (unpaired) electrons. The summed E-state index contributed by atoms with van der Waals surface area (Å²) in [5.41, 5.74) is 3.63. The van der Waals surface area contributed by atoms with Crippen LogP contribution >= 0.6 is 11.8 Å². The van der Waals surface area contributed by atoms with Crippen LogP contribution in [-0.2, 0) is 0 Å². The van der Waals surface area contributed by atoms with Crippen molar-refractivity contribution in [1.29, 1.82) is 0 Å². The van der Waals surface area contributed by atoms with Crippen molar-refractivity contribution in [3.8, 4) is 11.5 Å². The van der Waals surface area contributed by atoms with Crippen molar-refractivity contribution in [2.45, 2.75) is 25.7 Å². The molecule has 0 bridgehead atoms. The minimum atomic E-state index is -0.269. The number of nitrogens with zero attached hydrogens (tertiary/aromatic N) is 2. The Labute approximate surface area is 150 Å². The minimum absolute atomic E-state index is 0.0905. The van der Waals surface area contributed by atoms with Crippen LogP contribution in [0.2, 0.25) is 0 Å². The molecule has 0 aliphatic rings. The molecular formula is C19H19N3O2S. The lowest BCUT2D eigenvalue weighted by molar-refractivity contribution is 0.102. The highest BCUT2D eigenvalue weighted by atomic mass is 32.2. The molecule has 6 heteroatoms. The van der Waals surface area contributed by atoms with Crippen LogP contribution in [0, 0.1) is 13.8 Å². The van der Waals surface area contributed by atoms with Crippen LogP contribution in [0.3, 0.4) is 0 Å². The molecule has 0 atom stereocenters.